The molecule has 0 heterocycles. The van der Waals surface area contributed by atoms with Crippen molar-refractivity contribution in [3.8, 4) is 0 Å². The minimum absolute atomic E-state index is 0.0317. The average Bonchev–Trinajstić information content (AvgIpc) is 2.25. The number of hydrogen-bond donors (Lipinski definition) is 1. The Morgan fingerprint density at radius 3 is 2.62 bits per heavy atom. The van der Waals surface area contributed by atoms with Gasteiger partial charge in [-0.25, -0.2) is 4.39 Å². The van der Waals surface area contributed by atoms with Crippen molar-refractivity contribution in [2.75, 3.05) is 5.75 Å². The number of aliphatic hydroxyl groups excluding tert-OH is 1. The molecule has 4 heteroatoms. The summed E-state index contributed by atoms with van der Waals surface area (Å²) in [6.45, 7) is 3.51. The molecule has 1 rings (SSSR count). The van der Waals surface area contributed by atoms with E-state index in [4.69, 9.17) is 0 Å². The number of thioether (sulfide) groups is 1. The molecule has 0 saturated carbocycles. The zero-order valence-electron chi connectivity index (χ0n) is 9.31. The summed E-state index contributed by atoms with van der Waals surface area (Å²) >= 11 is 1.33. The lowest BCUT2D eigenvalue weighted by Gasteiger charge is -2.13. The van der Waals surface area contributed by atoms with Crippen LogP contribution in [-0.4, -0.2) is 28.0 Å². The van der Waals surface area contributed by atoms with Crippen molar-refractivity contribution in [2.24, 2.45) is 0 Å². The Labute approximate surface area is 98.9 Å². The fourth-order valence-electron chi connectivity index (χ4n) is 1.11. The zero-order valence-corrected chi connectivity index (χ0v) is 10.1. The normalized spacial score (nSPS) is 14.5. The number of carbonyl (C=O) groups is 1. The van der Waals surface area contributed by atoms with Gasteiger partial charge >= 0.3 is 0 Å². The second-order valence-electron chi connectivity index (χ2n) is 3.66. The van der Waals surface area contributed by atoms with E-state index in [-0.39, 0.29) is 22.3 Å². The number of rotatable bonds is 5. The molecule has 16 heavy (non-hydrogen) atoms. The summed E-state index contributed by atoms with van der Waals surface area (Å²) in [6.07, 6.45) is -0.474. The molecule has 0 bridgehead atoms. The van der Waals surface area contributed by atoms with Crippen LogP contribution < -0.4 is 0 Å². The minimum atomic E-state index is -0.488. The van der Waals surface area contributed by atoms with E-state index >= 15 is 0 Å². The summed E-state index contributed by atoms with van der Waals surface area (Å²) in [5.41, 5.74) is 0.118. The van der Waals surface area contributed by atoms with Crippen molar-refractivity contribution in [3.63, 3.8) is 0 Å². The number of Topliss-reactive ketones (excluding diaryl/α,β-unsaturated/α-hetero) is 1. The predicted molar refractivity (Wildman–Crippen MR) is 64.3 cm³/mol. The van der Waals surface area contributed by atoms with Gasteiger partial charge in [0.15, 0.2) is 5.78 Å². The summed E-state index contributed by atoms with van der Waals surface area (Å²) in [6, 6.07) is 5.94. The SMILES string of the molecule is CC(O)C(C)SCC(=O)c1ccccc1F. The van der Waals surface area contributed by atoms with Gasteiger partial charge in [-0.2, -0.15) is 0 Å². The van der Waals surface area contributed by atoms with Gasteiger partial charge in [0.25, 0.3) is 0 Å². The van der Waals surface area contributed by atoms with Crippen LogP contribution in [0.4, 0.5) is 4.39 Å². The standard InChI is InChI=1S/C12H15FO2S/c1-8(14)9(2)16-7-12(15)10-5-3-4-6-11(10)13/h3-6,8-9,14H,7H2,1-2H3. The summed E-state index contributed by atoms with van der Waals surface area (Å²) in [5, 5.41) is 9.22. The highest BCUT2D eigenvalue weighted by Gasteiger charge is 2.15. The predicted octanol–water partition coefficient (Wildman–Crippen LogP) is 2.51. The van der Waals surface area contributed by atoms with E-state index in [9.17, 15) is 14.3 Å². The first-order valence-corrected chi connectivity index (χ1v) is 6.14. The maximum Gasteiger partial charge on any atom is 0.175 e. The summed E-state index contributed by atoms with van der Waals surface area (Å²) in [5.74, 6) is -0.541. The quantitative estimate of drug-likeness (QED) is 0.806. The first-order valence-electron chi connectivity index (χ1n) is 5.09. The molecule has 0 spiro atoms. The fraction of sp³-hybridized carbons (Fsp3) is 0.417. The lowest BCUT2D eigenvalue weighted by Crippen LogP contribution is -2.18. The highest BCUT2D eigenvalue weighted by molar-refractivity contribution is 8.00. The molecule has 0 radical (unpaired) electrons. The van der Waals surface area contributed by atoms with Gasteiger partial charge in [0.2, 0.25) is 0 Å². The van der Waals surface area contributed by atoms with Crippen LogP contribution in [0, 0.1) is 5.82 Å². The van der Waals surface area contributed by atoms with Crippen molar-refractivity contribution in [3.05, 3.63) is 35.6 Å². The molecule has 1 N–H and O–H groups in total. The maximum absolute atomic E-state index is 13.2. The molecule has 0 aliphatic heterocycles. The van der Waals surface area contributed by atoms with Crippen molar-refractivity contribution in [2.45, 2.75) is 25.2 Å². The van der Waals surface area contributed by atoms with Crippen molar-refractivity contribution >= 4 is 17.5 Å². The summed E-state index contributed by atoms with van der Waals surface area (Å²) < 4.78 is 13.2. The molecule has 0 aliphatic rings. The monoisotopic (exact) mass is 242 g/mol. The number of benzene rings is 1. The third kappa shape index (κ3) is 3.61. The van der Waals surface area contributed by atoms with E-state index in [0.717, 1.165) is 0 Å². The van der Waals surface area contributed by atoms with E-state index in [1.807, 2.05) is 6.92 Å². The van der Waals surface area contributed by atoms with E-state index in [0.29, 0.717) is 0 Å². The molecule has 0 saturated heterocycles. The van der Waals surface area contributed by atoms with Crippen LogP contribution in [0.3, 0.4) is 0 Å². The molecule has 2 atom stereocenters. The average molecular weight is 242 g/mol. The zero-order chi connectivity index (χ0) is 12.1. The van der Waals surface area contributed by atoms with Crippen LogP contribution >= 0.6 is 11.8 Å². The topological polar surface area (TPSA) is 37.3 Å². The molecule has 0 amide bonds. The fourth-order valence-corrected chi connectivity index (χ4v) is 1.96. The molecule has 2 nitrogen and oxygen atoms in total. The molecule has 0 aliphatic carbocycles. The van der Waals surface area contributed by atoms with Gasteiger partial charge < -0.3 is 5.11 Å². The molecule has 1 aromatic rings. The van der Waals surface area contributed by atoms with Gasteiger partial charge in [-0.3, -0.25) is 4.79 Å². The second kappa shape index (κ2) is 6.01. The first-order chi connectivity index (χ1) is 7.52. The Morgan fingerprint density at radius 1 is 1.44 bits per heavy atom. The first kappa shape index (κ1) is 13.2. The summed E-state index contributed by atoms with van der Waals surface area (Å²) in [4.78, 5) is 11.7. The highest BCUT2D eigenvalue weighted by atomic mass is 32.2. The Balaban J connectivity index is 2.57. The molecule has 88 valence electrons. The van der Waals surface area contributed by atoms with Gasteiger partial charge in [-0.1, -0.05) is 19.1 Å². The Kier molecular flexibility index (Phi) is 4.96. The second-order valence-corrected chi connectivity index (χ2v) is 5.03. The van der Waals surface area contributed by atoms with Crippen LogP contribution in [0.25, 0.3) is 0 Å². The van der Waals surface area contributed by atoms with Gasteiger partial charge in [-0.15, -0.1) is 11.8 Å². The van der Waals surface area contributed by atoms with E-state index < -0.39 is 11.9 Å². The maximum atomic E-state index is 13.2. The summed E-state index contributed by atoms with van der Waals surface area (Å²) in [7, 11) is 0. The Hall–Kier alpha value is -0.870. The van der Waals surface area contributed by atoms with Gasteiger partial charge in [0, 0.05) is 5.25 Å². The number of carbonyl (C=O) groups excluding carboxylic acids is 1. The van der Waals surface area contributed by atoms with Crippen molar-refractivity contribution in [1.29, 1.82) is 0 Å². The molecular formula is C12H15FO2S. The van der Waals surface area contributed by atoms with Crippen LogP contribution in [-0.2, 0) is 0 Å². The smallest absolute Gasteiger partial charge is 0.175 e. The van der Waals surface area contributed by atoms with E-state index in [2.05, 4.69) is 0 Å². The number of hydrogen-bond acceptors (Lipinski definition) is 3. The van der Waals surface area contributed by atoms with Gasteiger partial charge in [0.1, 0.15) is 5.82 Å². The van der Waals surface area contributed by atoms with Crippen molar-refractivity contribution in [1.82, 2.24) is 0 Å². The highest BCUT2D eigenvalue weighted by Crippen LogP contribution is 2.17. The number of ketones is 1. The Bertz CT molecular complexity index is 366. The van der Waals surface area contributed by atoms with Gasteiger partial charge in [0.05, 0.1) is 17.4 Å². The molecule has 1 aromatic carbocycles. The van der Waals surface area contributed by atoms with Crippen LogP contribution in [0.1, 0.15) is 24.2 Å². The lowest BCUT2D eigenvalue weighted by molar-refractivity contribution is 0.101. The number of halogens is 1. The van der Waals surface area contributed by atoms with Gasteiger partial charge in [-0.05, 0) is 19.1 Å². The van der Waals surface area contributed by atoms with Crippen molar-refractivity contribution < 1.29 is 14.3 Å². The third-order valence-electron chi connectivity index (χ3n) is 2.33. The largest absolute Gasteiger partial charge is 0.392 e. The lowest BCUT2D eigenvalue weighted by atomic mass is 10.1. The molecule has 0 fully saturated rings. The minimum Gasteiger partial charge on any atom is -0.392 e. The molecular weight excluding hydrogens is 227 g/mol. The number of aliphatic hydroxyl groups is 1. The van der Waals surface area contributed by atoms with E-state index in [1.54, 1.807) is 19.1 Å². The van der Waals surface area contributed by atoms with Crippen LogP contribution in [0.2, 0.25) is 0 Å². The van der Waals surface area contributed by atoms with Crippen LogP contribution in [0.15, 0.2) is 24.3 Å². The Morgan fingerprint density at radius 2 is 2.06 bits per heavy atom. The molecule has 0 aromatic heterocycles. The van der Waals surface area contributed by atoms with Crippen LogP contribution in [0.5, 0.6) is 0 Å². The third-order valence-corrected chi connectivity index (χ3v) is 3.68. The van der Waals surface area contributed by atoms with E-state index in [1.165, 1.54) is 23.9 Å². The molecule has 2 unspecified atom stereocenters.